The average Bonchev–Trinajstić information content (AvgIpc) is 3.22. The van der Waals surface area contributed by atoms with Crippen molar-refractivity contribution in [3.63, 3.8) is 0 Å². The van der Waals surface area contributed by atoms with E-state index in [0.717, 1.165) is 30.3 Å². The number of halogens is 1. The zero-order valence-electron chi connectivity index (χ0n) is 20.4. The first kappa shape index (κ1) is 21.9. The van der Waals surface area contributed by atoms with Crippen molar-refractivity contribution < 1.29 is 9.13 Å². The predicted octanol–water partition coefficient (Wildman–Crippen LogP) is 3.20. The number of benzene rings is 1. The molecule has 0 unspecified atom stereocenters. The van der Waals surface area contributed by atoms with Crippen LogP contribution in [-0.2, 0) is 7.05 Å². The molecular formula is C25H25FN10O. The van der Waals surface area contributed by atoms with E-state index in [9.17, 15) is 4.39 Å². The van der Waals surface area contributed by atoms with E-state index in [-0.39, 0.29) is 23.3 Å². The molecule has 2 fully saturated rings. The van der Waals surface area contributed by atoms with Crippen LogP contribution >= 0.6 is 0 Å². The molecule has 11 nitrogen and oxygen atoms in total. The van der Waals surface area contributed by atoms with Gasteiger partial charge in [-0.2, -0.15) is 9.97 Å². The SMILES string of the molecule is CNc1cc(F)cc2c1[nH]c1nc(Oc3cnc(-c4nccn4C)nc3)nc(N3C[C@H](N)C4(CC4)C3)c12. The maximum absolute atomic E-state index is 14.5. The predicted molar refractivity (Wildman–Crippen MR) is 137 cm³/mol. The van der Waals surface area contributed by atoms with E-state index in [1.165, 1.54) is 12.1 Å². The van der Waals surface area contributed by atoms with E-state index in [1.807, 2.05) is 17.8 Å². The van der Waals surface area contributed by atoms with Crippen LogP contribution in [0.4, 0.5) is 15.9 Å². The average molecular weight is 501 g/mol. The van der Waals surface area contributed by atoms with Crippen molar-refractivity contribution in [2.45, 2.75) is 18.9 Å². The molecule has 0 amide bonds. The number of ether oxygens (including phenoxy) is 1. The van der Waals surface area contributed by atoms with Gasteiger partial charge in [-0.25, -0.2) is 19.3 Å². The number of H-pyrrole nitrogens is 1. The number of aromatic amines is 1. The third-order valence-electron chi connectivity index (χ3n) is 7.51. The van der Waals surface area contributed by atoms with Gasteiger partial charge in [0.25, 0.3) is 0 Å². The highest BCUT2D eigenvalue weighted by molar-refractivity contribution is 6.14. The molecule has 1 aromatic carbocycles. The number of nitrogens with two attached hydrogens (primary N) is 1. The van der Waals surface area contributed by atoms with Gasteiger partial charge in [0.05, 0.1) is 29.0 Å². The second-order valence-electron chi connectivity index (χ2n) is 9.86. The second-order valence-corrected chi connectivity index (χ2v) is 9.86. The van der Waals surface area contributed by atoms with Gasteiger partial charge >= 0.3 is 6.01 Å². The van der Waals surface area contributed by atoms with Crippen molar-refractivity contribution in [1.82, 2.24) is 34.5 Å². The van der Waals surface area contributed by atoms with E-state index >= 15 is 0 Å². The number of anilines is 2. The Morgan fingerprint density at radius 1 is 1.19 bits per heavy atom. The van der Waals surface area contributed by atoms with E-state index in [1.54, 1.807) is 25.6 Å². The maximum atomic E-state index is 14.5. The van der Waals surface area contributed by atoms with Gasteiger partial charge in [0.1, 0.15) is 17.3 Å². The Labute approximate surface area is 210 Å². The van der Waals surface area contributed by atoms with Gasteiger partial charge in [0.2, 0.25) is 0 Å². The first-order chi connectivity index (χ1) is 17.9. The minimum absolute atomic E-state index is 0.0590. The Kier molecular flexibility index (Phi) is 4.64. The molecule has 4 aromatic heterocycles. The number of fused-ring (bicyclic) bond motifs is 3. The summed E-state index contributed by atoms with van der Waals surface area (Å²) in [5.74, 6) is 1.85. The fraction of sp³-hybridized carbons (Fsp3) is 0.320. The van der Waals surface area contributed by atoms with Crippen molar-refractivity contribution >= 4 is 33.4 Å². The minimum Gasteiger partial charge on any atom is -0.421 e. The number of hydrogen-bond acceptors (Lipinski definition) is 9. The molecule has 5 aromatic rings. The van der Waals surface area contributed by atoms with Crippen molar-refractivity contribution in [2.75, 3.05) is 30.4 Å². The van der Waals surface area contributed by atoms with Crippen LogP contribution in [0.3, 0.4) is 0 Å². The smallest absolute Gasteiger partial charge is 0.326 e. The summed E-state index contributed by atoms with van der Waals surface area (Å²) in [5, 5.41) is 4.50. The fourth-order valence-electron chi connectivity index (χ4n) is 5.31. The van der Waals surface area contributed by atoms with Crippen LogP contribution in [0.2, 0.25) is 0 Å². The molecule has 7 rings (SSSR count). The largest absolute Gasteiger partial charge is 0.421 e. The molecule has 1 spiro atoms. The Morgan fingerprint density at radius 2 is 2.00 bits per heavy atom. The standard InChI is InChI=1S/C25H25FN10O/c1-28-16-8-13(26)7-15-18-20(32-19(15)16)33-24(34-22(18)36-11-17(27)25(12-36)3-4-25)37-14-9-30-21(31-10-14)23-29-5-6-35(23)2/h5-10,17,28H,3-4,11-12,27H2,1-2H3,(H,32,33,34)/t17-/m0/s1. The van der Waals surface area contributed by atoms with E-state index in [0.29, 0.717) is 46.5 Å². The highest BCUT2D eigenvalue weighted by atomic mass is 19.1. The number of imidazole rings is 1. The summed E-state index contributed by atoms with van der Waals surface area (Å²) in [5.41, 5.74) is 8.57. The summed E-state index contributed by atoms with van der Waals surface area (Å²) in [4.78, 5) is 28.0. The van der Waals surface area contributed by atoms with Crippen molar-refractivity contribution in [2.24, 2.45) is 18.2 Å². The zero-order chi connectivity index (χ0) is 25.3. The molecule has 12 heteroatoms. The number of aromatic nitrogens is 7. The van der Waals surface area contributed by atoms with Gasteiger partial charge < -0.3 is 30.2 Å². The number of nitrogens with one attached hydrogen (secondary N) is 2. The molecule has 5 heterocycles. The maximum Gasteiger partial charge on any atom is 0.326 e. The van der Waals surface area contributed by atoms with Gasteiger partial charge in [-0.3, -0.25) is 0 Å². The summed E-state index contributed by atoms with van der Waals surface area (Å²) < 4.78 is 22.4. The molecular weight excluding hydrogens is 475 g/mol. The minimum atomic E-state index is -0.342. The van der Waals surface area contributed by atoms with Gasteiger partial charge in [-0.1, -0.05) is 0 Å². The molecule has 1 saturated carbocycles. The van der Waals surface area contributed by atoms with Crippen LogP contribution < -0.4 is 20.7 Å². The van der Waals surface area contributed by atoms with Gasteiger partial charge in [-0.05, 0) is 25.0 Å². The van der Waals surface area contributed by atoms with Crippen LogP contribution in [-0.4, -0.2) is 60.6 Å². The van der Waals surface area contributed by atoms with Gasteiger partial charge in [0, 0.05) is 56.4 Å². The first-order valence-electron chi connectivity index (χ1n) is 12.1. The lowest BCUT2D eigenvalue weighted by Crippen LogP contribution is -2.30. The van der Waals surface area contributed by atoms with E-state index in [2.05, 4.69) is 35.1 Å². The molecule has 188 valence electrons. The Bertz CT molecular complexity index is 1660. The third-order valence-corrected chi connectivity index (χ3v) is 7.51. The summed E-state index contributed by atoms with van der Waals surface area (Å²) in [6.45, 7) is 1.45. The Balaban J connectivity index is 1.33. The lowest BCUT2D eigenvalue weighted by atomic mass is 10.0. The van der Waals surface area contributed by atoms with E-state index < -0.39 is 0 Å². The number of aryl methyl sites for hydroxylation is 1. The number of rotatable bonds is 5. The summed E-state index contributed by atoms with van der Waals surface area (Å²) in [6.07, 6.45) is 8.86. The monoisotopic (exact) mass is 500 g/mol. The molecule has 0 bridgehead atoms. The van der Waals surface area contributed by atoms with Crippen LogP contribution in [0.15, 0.2) is 36.9 Å². The summed E-state index contributed by atoms with van der Waals surface area (Å²) >= 11 is 0. The molecule has 37 heavy (non-hydrogen) atoms. The lowest BCUT2D eigenvalue weighted by Gasteiger charge is -2.19. The molecule has 0 radical (unpaired) electrons. The van der Waals surface area contributed by atoms with Crippen LogP contribution in [0.25, 0.3) is 33.6 Å². The number of nitrogens with zero attached hydrogens (tertiary/aromatic N) is 7. The molecule has 1 atom stereocenters. The molecule has 1 saturated heterocycles. The topological polar surface area (TPSA) is 136 Å². The normalized spacial score (nSPS) is 18.3. The van der Waals surface area contributed by atoms with Crippen LogP contribution in [0, 0.1) is 11.2 Å². The van der Waals surface area contributed by atoms with E-state index in [4.69, 9.17) is 15.5 Å². The highest BCUT2D eigenvalue weighted by Crippen LogP contribution is 2.53. The summed E-state index contributed by atoms with van der Waals surface area (Å²) in [7, 11) is 3.63. The second kappa shape index (κ2) is 7.84. The van der Waals surface area contributed by atoms with Crippen molar-refractivity contribution in [3.8, 4) is 23.4 Å². The molecule has 4 N–H and O–H groups in total. The lowest BCUT2D eigenvalue weighted by molar-refractivity contribution is 0.440. The third kappa shape index (κ3) is 3.47. The Hall–Kier alpha value is -4.32. The molecule has 1 aliphatic carbocycles. The van der Waals surface area contributed by atoms with Crippen molar-refractivity contribution in [3.05, 3.63) is 42.7 Å². The van der Waals surface area contributed by atoms with Crippen LogP contribution in [0.1, 0.15) is 12.8 Å². The van der Waals surface area contributed by atoms with Crippen molar-refractivity contribution in [1.29, 1.82) is 0 Å². The first-order valence-corrected chi connectivity index (χ1v) is 12.1. The number of hydrogen-bond donors (Lipinski definition) is 3. The highest BCUT2D eigenvalue weighted by Gasteiger charge is 2.54. The Morgan fingerprint density at radius 3 is 2.68 bits per heavy atom. The van der Waals surface area contributed by atoms with Gasteiger partial charge in [-0.15, -0.1) is 0 Å². The fourth-order valence-corrected chi connectivity index (χ4v) is 5.31. The quantitative estimate of drug-likeness (QED) is 0.332. The molecule has 1 aliphatic heterocycles. The molecule has 2 aliphatic rings. The summed E-state index contributed by atoms with van der Waals surface area (Å²) in [6, 6.07) is 3.16. The van der Waals surface area contributed by atoms with Gasteiger partial charge in [0.15, 0.2) is 17.4 Å². The zero-order valence-corrected chi connectivity index (χ0v) is 20.4. The van der Waals surface area contributed by atoms with Crippen LogP contribution in [0.5, 0.6) is 11.8 Å².